The molecule has 0 aromatic carbocycles. The predicted octanol–water partition coefficient (Wildman–Crippen LogP) is 7.05. The number of pyridine rings is 2. The summed E-state index contributed by atoms with van der Waals surface area (Å²) in [4.78, 5) is 33.8. The van der Waals surface area contributed by atoms with Gasteiger partial charge in [0.25, 0.3) is 6.43 Å². The van der Waals surface area contributed by atoms with Crippen molar-refractivity contribution in [3.8, 4) is 0 Å². The van der Waals surface area contributed by atoms with E-state index in [1.165, 1.54) is 25.3 Å². The molecule has 1 aliphatic heterocycles. The maximum absolute atomic E-state index is 13.6. The summed E-state index contributed by atoms with van der Waals surface area (Å²) in [6.45, 7) is 5.09. The Bertz CT molecular complexity index is 1450. The average Bonchev–Trinajstić information content (AvgIpc) is 3.05. The zero-order chi connectivity index (χ0) is 33.6. The van der Waals surface area contributed by atoms with Gasteiger partial charge in [0, 0.05) is 42.3 Å². The molecule has 5 rings (SSSR count). The summed E-state index contributed by atoms with van der Waals surface area (Å²) in [6, 6.07) is 6.22. The molecule has 3 N–H and O–H groups in total. The molecule has 2 fully saturated rings. The molecule has 2 saturated carbocycles. The first-order chi connectivity index (χ1) is 22.5. The molecule has 0 saturated heterocycles. The Labute approximate surface area is 274 Å². The number of aliphatic hydroxyl groups is 1. The number of hydrogen-bond donors (Lipinski definition) is 3. The Morgan fingerprint density at radius 2 is 1.83 bits per heavy atom. The second-order valence-corrected chi connectivity index (χ2v) is 13.0. The predicted molar refractivity (Wildman–Crippen MR) is 171 cm³/mol. The van der Waals surface area contributed by atoms with Crippen LogP contribution in [0.1, 0.15) is 96.1 Å². The quantitative estimate of drug-likeness (QED) is 0.181. The summed E-state index contributed by atoms with van der Waals surface area (Å²) in [5, 5.41) is 19.2. The second-order valence-electron chi connectivity index (χ2n) is 13.0. The zero-order valence-corrected chi connectivity index (χ0v) is 27.1. The van der Waals surface area contributed by atoms with Crippen molar-refractivity contribution in [3.63, 3.8) is 0 Å². The number of anilines is 1. The fourth-order valence-electron chi connectivity index (χ4n) is 6.87. The molecule has 3 heterocycles. The van der Waals surface area contributed by atoms with Crippen molar-refractivity contribution in [1.82, 2.24) is 15.3 Å². The molecule has 0 bridgehead atoms. The lowest BCUT2D eigenvalue weighted by atomic mass is 9.68. The van der Waals surface area contributed by atoms with Crippen molar-refractivity contribution < 1.29 is 37.7 Å². The molecule has 2 aromatic rings. The van der Waals surface area contributed by atoms with Gasteiger partial charge in [0.15, 0.2) is 5.66 Å². The number of nitrogens with zero attached hydrogens (tertiary/aromatic N) is 2. The Hall–Kier alpha value is -4.06. The van der Waals surface area contributed by atoms with Crippen LogP contribution in [0.2, 0.25) is 0 Å². The molecule has 3 aliphatic rings. The Morgan fingerprint density at radius 3 is 2.51 bits per heavy atom. The number of aromatic nitrogens is 2. The number of esters is 1. The number of hydrogen-bond acceptors (Lipinski definition) is 10. The van der Waals surface area contributed by atoms with Crippen LogP contribution in [0.5, 0.6) is 0 Å². The minimum atomic E-state index is -2.69. The molecule has 254 valence electrons. The molecule has 3 atom stereocenters. The summed E-state index contributed by atoms with van der Waals surface area (Å²) in [5.74, 6) is -1.07. The molecular weight excluding hydrogens is 610 g/mol. The van der Waals surface area contributed by atoms with E-state index < -0.39 is 42.0 Å². The van der Waals surface area contributed by atoms with E-state index in [0.717, 1.165) is 43.2 Å². The highest BCUT2D eigenvalue weighted by Crippen LogP contribution is 2.44. The van der Waals surface area contributed by atoms with Gasteiger partial charge >= 0.3 is 12.1 Å². The van der Waals surface area contributed by atoms with E-state index in [9.17, 15) is 23.5 Å². The van der Waals surface area contributed by atoms with Crippen molar-refractivity contribution in [3.05, 3.63) is 71.7 Å². The van der Waals surface area contributed by atoms with E-state index in [0.29, 0.717) is 31.4 Å². The molecule has 47 heavy (non-hydrogen) atoms. The SMILES string of the molecule is CC1=CC(Nc2cc(C(F)F)ccn2)(C(C)(O)[C@H]2CC[C@H](C(=O)OC(C)OC(=O)OC3CCCCC3)CC2)NC(c2cccnc2)=C1. The average molecular weight is 655 g/mol. The summed E-state index contributed by atoms with van der Waals surface area (Å²) in [6.07, 6.45) is 10.2. The molecule has 10 nitrogen and oxygen atoms in total. The van der Waals surface area contributed by atoms with E-state index in [-0.39, 0.29) is 23.4 Å². The first-order valence-corrected chi connectivity index (χ1v) is 16.4. The van der Waals surface area contributed by atoms with Crippen LogP contribution in [-0.2, 0) is 19.0 Å². The molecule has 0 amide bonds. The first kappa shape index (κ1) is 34.3. The lowest BCUT2D eigenvalue weighted by Gasteiger charge is -2.52. The van der Waals surface area contributed by atoms with Crippen molar-refractivity contribution >= 4 is 23.6 Å². The maximum atomic E-state index is 13.6. The van der Waals surface area contributed by atoms with Crippen LogP contribution in [-0.4, -0.2) is 50.9 Å². The smallest absolute Gasteiger partial charge is 0.431 e. The lowest BCUT2D eigenvalue weighted by Crippen LogP contribution is -2.68. The number of ether oxygens (including phenoxy) is 3. The second kappa shape index (κ2) is 14.8. The highest BCUT2D eigenvalue weighted by molar-refractivity contribution is 5.73. The van der Waals surface area contributed by atoms with Gasteiger partial charge in [-0.2, -0.15) is 0 Å². The highest BCUT2D eigenvalue weighted by Gasteiger charge is 2.53. The Kier molecular flexibility index (Phi) is 10.8. The van der Waals surface area contributed by atoms with E-state index in [1.54, 1.807) is 25.4 Å². The van der Waals surface area contributed by atoms with Gasteiger partial charge in [-0.15, -0.1) is 0 Å². The zero-order valence-electron chi connectivity index (χ0n) is 27.1. The normalized spacial score (nSPS) is 25.3. The summed E-state index contributed by atoms with van der Waals surface area (Å²) in [7, 11) is 0. The van der Waals surface area contributed by atoms with Gasteiger partial charge < -0.3 is 30.0 Å². The summed E-state index contributed by atoms with van der Waals surface area (Å²) < 4.78 is 43.2. The highest BCUT2D eigenvalue weighted by atomic mass is 19.3. The first-order valence-electron chi connectivity index (χ1n) is 16.4. The van der Waals surface area contributed by atoms with Crippen molar-refractivity contribution in [2.75, 3.05) is 5.32 Å². The van der Waals surface area contributed by atoms with Gasteiger partial charge in [-0.3, -0.25) is 9.78 Å². The number of dihydropyridines is 1. The fraction of sp³-hybridized carbons (Fsp3) is 0.543. The monoisotopic (exact) mass is 654 g/mol. The van der Waals surface area contributed by atoms with Gasteiger partial charge in [-0.25, -0.2) is 18.6 Å². The van der Waals surface area contributed by atoms with E-state index in [1.807, 2.05) is 25.1 Å². The van der Waals surface area contributed by atoms with Crippen LogP contribution in [0.3, 0.4) is 0 Å². The molecule has 0 spiro atoms. The van der Waals surface area contributed by atoms with Crippen LogP contribution >= 0.6 is 0 Å². The van der Waals surface area contributed by atoms with Crippen LogP contribution in [0, 0.1) is 11.8 Å². The number of nitrogens with one attached hydrogen (secondary N) is 2. The Morgan fingerprint density at radius 1 is 1.09 bits per heavy atom. The summed E-state index contributed by atoms with van der Waals surface area (Å²) in [5.41, 5.74) is -0.785. The number of rotatable bonds is 10. The third-order valence-electron chi connectivity index (χ3n) is 9.49. The standard InChI is InChI=1S/C35H44F2N4O6/c1-22-18-29(26-8-7-16-38-21-26)40-35(20-22,41-30-19-25(31(36)37)15-17-39-30)34(3,44)27-13-11-24(12-14-27)32(42)45-23(2)46-33(43)47-28-9-5-4-6-10-28/h7-8,15-21,23-24,27-28,31,40,44H,4-6,9-14H2,1-3H3,(H,39,41)/t23?,24-,27-,34?,35?. The van der Waals surface area contributed by atoms with Gasteiger partial charge in [0.2, 0.25) is 6.29 Å². The minimum absolute atomic E-state index is 0.167. The molecule has 2 aromatic heterocycles. The van der Waals surface area contributed by atoms with Crippen LogP contribution < -0.4 is 10.6 Å². The Balaban J connectivity index is 1.28. The van der Waals surface area contributed by atoms with Gasteiger partial charge in [-0.1, -0.05) is 6.42 Å². The maximum Gasteiger partial charge on any atom is 0.511 e. The van der Waals surface area contributed by atoms with Crippen LogP contribution in [0.15, 0.2) is 60.6 Å². The molecule has 0 radical (unpaired) electrons. The van der Waals surface area contributed by atoms with Gasteiger partial charge in [0.1, 0.15) is 17.5 Å². The molecule has 3 unspecified atom stereocenters. The number of halogens is 2. The van der Waals surface area contributed by atoms with Gasteiger partial charge in [-0.05, 0) is 113 Å². The number of allylic oxidation sites excluding steroid dienone is 2. The van der Waals surface area contributed by atoms with E-state index >= 15 is 0 Å². The number of carbonyl (C=O) groups is 2. The number of alkyl halides is 2. The molecule has 2 aliphatic carbocycles. The molecule has 12 heteroatoms. The fourth-order valence-corrected chi connectivity index (χ4v) is 6.87. The molecular formula is C35H44F2N4O6. The largest absolute Gasteiger partial charge is 0.511 e. The lowest BCUT2D eigenvalue weighted by molar-refractivity contribution is -0.176. The third kappa shape index (κ3) is 8.27. The van der Waals surface area contributed by atoms with Crippen molar-refractivity contribution in [1.29, 1.82) is 0 Å². The topological polar surface area (TPSA) is 132 Å². The number of carbonyl (C=O) groups excluding carboxylic acids is 2. The van der Waals surface area contributed by atoms with Gasteiger partial charge in [0.05, 0.1) is 5.92 Å². The van der Waals surface area contributed by atoms with E-state index in [2.05, 4.69) is 20.6 Å². The third-order valence-corrected chi connectivity index (χ3v) is 9.49. The van der Waals surface area contributed by atoms with Crippen LogP contribution in [0.25, 0.3) is 5.70 Å². The minimum Gasteiger partial charge on any atom is -0.431 e. The summed E-state index contributed by atoms with van der Waals surface area (Å²) >= 11 is 0. The van der Waals surface area contributed by atoms with Crippen molar-refractivity contribution in [2.45, 2.75) is 109 Å². The van der Waals surface area contributed by atoms with Crippen LogP contribution in [0.4, 0.5) is 19.4 Å². The van der Waals surface area contributed by atoms with E-state index in [4.69, 9.17) is 14.2 Å². The van der Waals surface area contributed by atoms with Crippen molar-refractivity contribution in [2.24, 2.45) is 11.8 Å².